The number of hydrogen-bond acceptors (Lipinski definition) is 2. The first-order chi connectivity index (χ1) is 7.15. The fourth-order valence-corrected chi connectivity index (χ4v) is 1.82. The van der Waals surface area contributed by atoms with Crippen LogP contribution in [0.2, 0.25) is 0 Å². The van der Waals surface area contributed by atoms with Crippen LogP contribution in [0.4, 0.5) is 0 Å². The van der Waals surface area contributed by atoms with Crippen LogP contribution < -0.4 is 5.32 Å². The molecule has 2 N–H and O–H groups in total. The molecular weight excluding hydrogens is 254 g/mol. The van der Waals surface area contributed by atoms with E-state index in [1.54, 1.807) is 0 Å². The second-order valence-electron chi connectivity index (χ2n) is 4.01. The van der Waals surface area contributed by atoms with Gasteiger partial charge in [0, 0.05) is 17.1 Å². The molecular formula is C12H18BrNO. The SMILES string of the molecule is CC(C)C(CO)NCc1ccccc1Br. The van der Waals surface area contributed by atoms with Gasteiger partial charge in [0.25, 0.3) is 0 Å². The molecule has 3 heteroatoms. The lowest BCUT2D eigenvalue weighted by atomic mass is 10.1. The third-order valence-corrected chi connectivity index (χ3v) is 3.29. The van der Waals surface area contributed by atoms with E-state index in [0.29, 0.717) is 5.92 Å². The van der Waals surface area contributed by atoms with Gasteiger partial charge in [0.05, 0.1) is 6.61 Å². The van der Waals surface area contributed by atoms with Crippen molar-refractivity contribution in [2.75, 3.05) is 6.61 Å². The van der Waals surface area contributed by atoms with Gasteiger partial charge in [-0.3, -0.25) is 0 Å². The third-order valence-electron chi connectivity index (χ3n) is 2.51. The quantitative estimate of drug-likeness (QED) is 0.863. The smallest absolute Gasteiger partial charge is 0.0587 e. The summed E-state index contributed by atoms with van der Waals surface area (Å²) in [6, 6.07) is 8.29. The Balaban J connectivity index is 2.53. The van der Waals surface area contributed by atoms with Crippen molar-refractivity contribution in [2.24, 2.45) is 5.92 Å². The maximum absolute atomic E-state index is 9.17. The van der Waals surface area contributed by atoms with Crippen LogP contribution in [0.1, 0.15) is 19.4 Å². The van der Waals surface area contributed by atoms with Crippen molar-refractivity contribution < 1.29 is 5.11 Å². The van der Waals surface area contributed by atoms with E-state index >= 15 is 0 Å². The zero-order chi connectivity index (χ0) is 11.3. The third kappa shape index (κ3) is 3.93. The number of halogens is 1. The first-order valence-corrected chi connectivity index (χ1v) is 6.02. The number of nitrogens with one attached hydrogen (secondary N) is 1. The summed E-state index contributed by atoms with van der Waals surface area (Å²) in [6.45, 7) is 5.18. The summed E-state index contributed by atoms with van der Waals surface area (Å²) in [6.07, 6.45) is 0. The zero-order valence-electron chi connectivity index (χ0n) is 9.20. The minimum absolute atomic E-state index is 0.164. The van der Waals surface area contributed by atoms with Crippen molar-refractivity contribution >= 4 is 15.9 Å². The van der Waals surface area contributed by atoms with E-state index in [9.17, 15) is 0 Å². The van der Waals surface area contributed by atoms with Crippen molar-refractivity contribution in [2.45, 2.75) is 26.4 Å². The largest absolute Gasteiger partial charge is 0.395 e. The molecule has 1 rings (SSSR count). The molecule has 0 saturated carbocycles. The van der Waals surface area contributed by atoms with Gasteiger partial charge >= 0.3 is 0 Å². The molecule has 0 spiro atoms. The summed E-state index contributed by atoms with van der Waals surface area (Å²) in [5.74, 6) is 0.442. The highest BCUT2D eigenvalue weighted by Crippen LogP contribution is 2.15. The number of aliphatic hydroxyl groups is 1. The van der Waals surface area contributed by atoms with Gasteiger partial charge in [-0.1, -0.05) is 48.0 Å². The summed E-state index contributed by atoms with van der Waals surface area (Å²) in [5.41, 5.74) is 1.22. The molecule has 0 aliphatic carbocycles. The predicted molar refractivity (Wildman–Crippen MR) is 66.7 cm³/mol. The van der Waals surface area contributed by atoms with Crippen LogP contribution in [0.5, 0.6) is 0 Å². The molecule has 0 heterocycles. The van der Waals surface area contributed by atoms with Gasteiger partial charge in [0.15, 0.2) is 0 Å². The average molecular weight is 272 g/mol. The summed E-state index contributed by atoms with van der Waals surface area (Å²) in [5, 5.41) is 12.5. The van der Waals surface area contributed by atoms with Crippen molar-refractivity contribution in [1.82, 2.24) is 5.32 Å². The molecule has 0 bridgehead atoms. The van der Waals surface area contributed by atoms with Gasteiger partial charge < -0.3 is 10.4 Å². The Morgan fingerprint density at radius 1 is 1.33 bits per heavy atom. The maximum atomic E-state index is 9.17. The van der Waals surface area contributed by atoms with E-state index in [1.165, 1.54) is 5.56 Å². The Hall–Kier alpha value is -0.380. The molecule has 0 aliphatic rings. The molecule has 0 aromatic heterocycles. The summed E-state index contributed by atoms with van der Waals surface area (Å²) in [7, 11) is 0. The van der Waals surface area contributed by atoms with Gasteiger partial charge in [0.2, 0.25) is 0 Å². The summed E-state index contributed by atoms with van der Waals surface area (Å²) < 4.78 is 1.11. The Labute approximate surface area is 99.8 Å². The molecule has 1 aromatic carbocycles. The molecule has 1 aromatic rings. The minimum Gasteiger partial charge on any atom is -0.395 e. The molecule has 0 saturated heterocycles. The standard InChI is InChI=1S/C12H18BrNO/c1-9(2)12(8-15)14-7-10-5-3-4-6-11(10)13/h3-6,9,12,14-15H,7-8H2,1-2H3. The molecule has 15 heavy (non-hydrogen) atoms. The highest BCUT2D eigenvalue weighted by Gasteiger charge is 2.11. The van der Waals surface area contributed by atoms with E-state index in [2.05, 4.69) is 41.2 Å². The fourth-order valence-electron chi connectivity index (χ4n) is 1.39. The van der Waals surface area contributed by atoms with Gasteiger partial charge in [-0.2, -0.15) is 0 Å². The first kappa shape index (κ1) is 12.7. The predicted octanol–water partition coefficient (Wildman–Crippen LogP) is 2.56. The lowest BCUT2D eigenvalue weighted by molar-refractivity contribution is 0.210. The molecule has 0 aliphatic heterocycles. The summed E-state index contributed by atoms with van der Waals surface area (Å²) in [4.78, 5) is 0. The Bertz CT molecular complexity index is 301. The van der Waals surface area contributed by atoms with Gasteiger partial charge in [-0.15, -0.1) is 0 Å². The van der Waals surface area contributed by atoms with Crippen LogP contribution in [0, 0.1) is 5.92 Å². The van der Waals surface area contributed by atoms with E-state index < -0.39 is 0 Å². The molecule has 0 radical (unpaired) electrons. The van der Waals surface area contributed by atoms with E-state index in [0.717, 1.165) is 11.0 Å². The molecule has 0 fully saturated rings. The van der Waals surface area contributed by atoms with Gasteiger partial charge in [-0.25, -0.2) is 0 Å². The van der Waals surface area contributed by atoms with Crippen molar-refractivity contribution in [3.8, 4) is 0 Å². The molecule has 1 atom stereocenters. The number of rotatable bonds is 5. The molecule has 2 nitrogen and oxygen atoms in total. The van der Waals surface area contributed by atoms with Crippen LogP contribution >= 0.6 is 15.9 Å². The van der Waals surface area contributed by atoms with Crippen LogP contribution in [-0.4, -0.2) is 17.8 Å². The molecule has 84 valence electrons. The second-order valence-corrected chi connectivity index (χ2v) is 4.86. The Morgan fingerprint density at radius 3 is 2.53 bits per heavy atom. The maximum Gasteiger partial charge on any atom is 0.0587 e. The molecule has 1 unspecified atom stereocenters. The van der Waals surface area contributed by atoms with E-state index in [4.69, 9.17) is 5.11 Å². The van der Waals surface area contributed by atoms with Gasteiger partial charge in [0.1, 0.15) is 0 Å². The monoisotopic (exact) mass is 271 g/mol. The number of hydrogen-bond donors (Lipinski definition) is 2. The van der Waals surface area contributed by atoms with Crippen molar-refractivity contribution in [3.63, 3.8) is 0 Å². The number of aliphatic hydroxyl groups excluding tert-OH is 1. The van der Waals surface area contributed by atoms with Crippen LogP contribution in [0.15, 0.2) is 28.7 Å². The van der Waals surface area contributed by atoms with E-state index in [-0.39, 0.29) is 12.6 Å². The van der Waals surface area contributed by atoms with Crippen molar-refractivity contribution in [1.29, 1.82) is 0 Å². The lowest BCUT2D eigenvalue weighted by Gasteiger charge is -2.20. The zero-order valence-corrected chi connectivity index (χ0v) is 10.8. The second kappa shape index (κ2) is 6.26. The minimum atomic E-state index is 0.164. The lowest BCUT2D eigenvalue weighted by Crippen LogP contribution is -2.36. The summed E-state index contributed by atoms with van der Waals surface area (Å²) >= 11 is 3.50. The van der Waals surface area contributed by atoms with Crippen LogP contribution in [-0.2, 0) is 6.54 Å². The van der Waals surface area contributed by atoms with Crippen LogP contribution in [0.3, 0.4) is 0 Å². The fraction of sp³-hybridized carbons (Fsp3) is 0.500. The first-order valence-electron chi connectivity index (χ1n) is 5.22. The topological polar surface area (TPSA) is 32.3 Å². The molecule has 0 amide bonds. The highest BCUT2D eigenvalue weighted by molar-refractivity contribution is 9.10. The average Bonchev–Trinajstić information content (AvgIpc) is 2.21. The number of benzene rings is 1. The van der Waals surface area contributed by atoms with Gasteiger partial charge in [-0.05, 0) is 17.5 Å². The highest BCUT2D eigenvalue weighted by atomic mass is 79.9. The van der Waals surface area contributed by atoms with Crippen molar-refractivity contribution in [3.05, 3.63) is 34.3 Å². The Kier molecular flexibility index (Phi) is 5.29. The normalized spacial score (nSPS) is 13.1. The Morgan fingerprint density at radius 2 is 2.00 bits per heavy atom. The van der Waals surface area contributed by atoms with Crippen LogP contribution in [0.25, 0.3) is 0 Å². The van der Waals surface area contributed by atoms with E-state index in [1.807, 2.05) is 18.2 Å².